The molecular formula is C10H11ClF3NO2. The Morgan fingerprint density at radius 2 is 1.88 bits per heavy atom. The molecule has 0 aliphatic rings. The van der Waals surface area contributed by atoms with Gasteiger partial charge in [0.15, 0.2) is 6.10 Å². The molecule has 1 aromatic carbocycles. The maximum absolute atomic E-state index is 12.3. The fourth-order valence-corrected chi connectivity index (χ4v) is 1.67. The number of phenolic OH excluding ortho intramolecular Hbond substituents is 1. The summed E-state index contributed by atoms with van der Waals surface area (Å²) < 4.78 is 36.8. The first-order valence-corrected chi connectivity index (χ1v) is 5.01. The third-order valence-electron chi connectivity index (χ3n) is 2.33. The Bertz CT molecular complexity index is 423. The Kier molecular flexibility index (Phi) is 3.91. The lowest BCUT2D eigenvalue weighted by Crippen LogP contribution is -2.38. The molecule has 1 rings (SSSR count). The van der Waals surface area contributed by atoms with Gasteiger partial charge in [-0.25, -0.2) is 0 Å². The molecule has 2 atom stereocenters. The molecule has 0 aliphatic heterocycles. The molecule has 0 saturated heterocycles. The van der Waals surface area contributed by atoms with Crippen LogP contribution in [-0.2, 0) is 0 Å². The second-order valence-corrected chi connectivity index (χ2v) is 4.11. The molecule has 0 aromatic heterocycles. The zero-order valence-electron chi connectivity index (χ0n) is 8.79. The number of aryl methyl sites for hydroxylation is 1. The molecule has 0 spiro atoms. The summed E-state index contributed by atoms with van der Waals surface area (Å²) in [4.78, 5) is 0. The number of aromatic hydroxyl groups is 1. The molecule has 0 fully saturated rings. The van der Waals surface area contributed by atoms with Gasteiger partial charge >= 0.3 is 6.18 Å². The Morgan fingerprint density at radius 3 is 2.35 bits per heavy atom. The van der Waals surface area contributed by atoms with Crippen LogP contribution in [0.2, 0.25) is 5.02 Å². The van der Waals surface area contributed by atoms with Gasteiger partial charge in [0.25, 0.3) is 0 Å². The average molecular weight is 270 g/mol. The van der Waals surface area contributed by atoms with E-state index in [0.717, 1.165) is 6.07 Å². The van der Waals surface area contributed by atoms with E-state index in [1.165, 1.54) is 13.0 Å². The fourth-order valence-electron chi connectivity index (χ4n) is 1.39. The van der Waals surface area contributed by atoms with Crippen LogP contribution in [0.1, 0.15) is 17.2 Å². The standard InChI is InChI=1S/C10H11ClF3NO2/c1-4-2-5(11)3-6(8(4)16)7(15)9(17)10(12,13)14/h2-3,7,9,16-17H,15H2,1H3/t7-,9-/m0/s1. The van der Waals surface area contributed by atoms with Gasteiger partial charge in [-0.1, -0.05) is 11.6 Å². The molecule has 7 heteroatoms. The number of benzene rings is 1. The Balaban J connectivity index is 3.17. The number of rotatable bonds is 2. The highest BCUT2D eigenvalue weighted by Gasteiger charge is 2.43. The van der Waals surface area contributed by atoms with E-state index in [-0.39, 0.29) is 16.1 Å². The van der Waals surface area contributed by atoms with Gasteiger partial charge in [0.2, 0.25) is 0 Å². The van der Waals surface area contributed by atoms with E-state index < -0.39 is 24.1 Å². The predicted octanol–water partition coefficient (Wildman–Crippen LogP) is 2.28. The summed E-state index contributed by atoms with van der Waals surface area (Å²) in [5.41, 5.74) is 5.33. The molecule has 0 saturated carbocycles. The number of aliphatic hydroxyl groups is 1. The molecule has 3 nitrogen and oxygen atoms in total. The highest BCUT2D eigenvalue weighted by Crippen LogP contribution is 2.35. The van der Waals surface area contributed by atoms with Gasteiger partial charge < -0.3 is 15.9 Å². The highest BCUT2D eigenvalue weighted by molar-refractivity contribution is 6.30. The molecule has 17 heavy (non-hydrogen) atoms. The van der Waals surface area contributed by atoms with Gasteiger partial charge in [-0.15, -0.1) is 0 Å². The fraction of sp³-hybridized carbons (Fsp3) is 0.400. The SMILES string of the molecule is Cc1cc(Cl)cc([C@H](N)[C@H](O)C(F)(F)F)c1O. The summed E-state index contributed by atoms with van der Waals surface area (Å²) in [7, 11) is 0. The van der Waals surface area contributed by atoms with Crippen LogP contribution < -0.4 is 5.73 Å². The van der Waals surface area contributed by atoms with Crippen molar-refractivity contribution in [2.24, 2.45) is 5.73 Å². The van der Waals surface area contributed by atoms with Crippen molar-refractivity contribution in [1.82, 2.24) is 0 Å². The summed E-state index contributed by atoms with van der Waals surface area (Å²) in [6, 6.07) is 0.698. The molecule has 0 heterocycles. The van der Waals surface area contributed by atoms with Gasteiger partial charge in [-0.3, -0.25) is 0 Å². The summed E-state index contributed by atoms with van der Waals surface area (Å²) in [5, 5.41) is 18.7. The first-order chi connectivity index (χ1) is 7.64. The lowest BCUT2D eigenvalue weighted by molar-refractivity contribution is -0.210. The minimum absolute atomic E-state index is 0.139. The van der Waals surface area contributed by atoms with Gasteiger partial charge in [0.05, 0.1) is 6.04 Å². The molecule has 0 unspecified atom stereocenters. The first kappa shape index (κ1) is 14.1. The zero-order valence-corrected chi connectivity index (χ0v) is 9.55. The minimum atomic E-state index is -4.86. The van der Waals surface area contributed by atoms with Gasteiger partial charge in [0, 0.05) is 10.6 Å². The number of hydrogen-bond donors (Lipinski definition) is 3. The van der Waals surface area contributed by atoms with Crippen LogP contribution in [0.4, 0.5) is 13.2 Å². The second kappa shape index (κ2) is 4.72. The van der Waals surface area contributed by atoms with E-state index in [4.69, 9.17) is 22.4 Å². The predicted molar refractivity (Wildman–Crippen MR) is 56.8 cm³/mol. The van der Waals surface area contributed by atoms with E-state index in [0.29, 0.717) is 0 Å². The minimum Gasteiger partial charge on any atom is -0.507 e. The van der Waals surface area contributed by atoms with E-state index in [2.05, 4.69) is 0 Å². The summed E-state index contributed by atoms with van der Waals surface area (Å²) in [5.74, 6) is -0.398. The Hall–Kier alpha value is -0.980. The molecule has 0 radical (unpaired) electrons. The van der Waals surface area contributed by atoms with Gasteiger partial charge in [-0.05, 0) is 24.6 Å². The largest absolute Gasteiger partial charge is 0.507 e. The number of alkyl halides is 3. The summed E-state index contributed by atoms with van der Waals surface area (Å²) >= 11 is 5.66. The van der Waals surface area contributed by atoms with Crippen molar-refractivity contribution < 1.29 is 23.4 Å². The maximum Gasteiger partial charge on any atom is 0.416 e. The van der Waals surface area contributed by atoms with Crippen LogP contribution in [0.25, 0.3) is 0 Å². The molecule has 0 aliphatic carbocycles. The van der Waals surface area contributed by atoms with Crippen molar-refractivity contribution >= 4 is 11.6 Å². The molecule has 96 valence electrons. The normalized spacial score (nSPS) is 15.7. The van der Waals surface area contributed by atoms with Crippen LogP contribution in [0.5, 0.6) is 5.75 Å². The molecule has 4 N–H and O–H groups in total. The van der Waals surface area contributed by atoms with Gasteiger partial charge in [0.1, 0.15) is 5.75 Å². The van der Waals surface area contributed by atoms with E-state index in [1.54, 1.807) is 0 Å². The summed E-state index contributed by atoms with van der Waals surface area (Å²) in [6.07, 6.45) is -7.62. The topological polar surface area (TPSA) is 66.5 Å². The Labute approximate surface area is 101 Å². The van der Waals surface area contributed by atoms with Crippen LogP contribution in [-0.4, -0.2) is 22.5 Å². The van der Waals surface area contributed by atoms with E-state index in [9.17, 15) is 18.3 Å². The smallest absolute Gasteiger partial charge is 0.416 e. The van der Waals surface area contributed by atoms with E-state index in [1.807, 2.05) is 0 Å². The van der Waals surface area contributed by atoms with Crippen molar-refractivity contribution in [2.45, 2.75) is 25.2 Å². The van der Waals surface area contributed by atoms with Crippen LogP contribution in [0.15, 0.2) is 12.1 Å². The van der Waals surface area contributed by atoms with Crippen LogP contribution in [0, 0.1) is 6.92 Å². The van der Waals surface area contributed by atoms with Crippen molar-refractivity contribution in [3.05, 3.63) is 28.3 Å². The molecule has 1 aromatic rings. The molecule has 0 amide bonds. The lowest BCUT2D eigenvalue weighted by atomic mass is 9.98. The lowest BCUT2D eigenvalue weighted by Gasteiger charge is -2.23. The number of halogens is 4. The number of phenols is 1. The zero-order chi connectivity index (χ0) is 13.4. The Morgan fingerprint density at radius 1 is 1.35 bits per heavy atom. The van der Waals surface area contributed by atoms with E-state index >= 15 is 0 Å². The second-order valence-electron chi connectivity index (χ2n) is 3.67. The third-order valence-corrected chi connectivity index (χ3v) is 2.55. The first-order valence-electron chi connectivity index (χ1n) is 4.64. The summed E-state index contributed by atoms with van der Waals surface area (Å²) in [6.45, 7) is 1.47. The van der Waals surface area contributed by atoms with Crippen molar-refractivity contribution in [1.29, 1.82) is 0 Å². The monoisotopic (exact) mass is 269 g/mol. The number of hydrogen-bond acceptors (Lipinski definition) is 3. The van der Waals surface area contributed by atoms with Crippen LogP contribution in [0.3, 0.4) is 0 Å². The number of nitrogens with two attached hydrogens (primary N) is 1. The van der Waals surface area contributed by atoms with Crippen molar-refractivity contribution in [3.8, 4) is 5.75 Å². The average Bonchev–Trinajstić information content (AvgIpc) is 2.20. The quantitative estimate of drug-likeness (QED) is 0.772. The van der Waals surface area contributed by atoms with Gasteiger partial charge in [-0.2, -0.15) is 13.2 Å². The molecule has 0 bridgehead atoms. The third kappa shape index (κ3) is 3.02. The number of aliphatic hydroxyl groups excluding tert-OH is 1. The highest BCUT2D eigenvalue weighted by atomic mass is 35.5. The van der Waals surface area contributed by atoms with Crippen molar-refractivity contribution in [3.63, 3.8) is 0 Å². The maximum atomic E-state index is 12.3. The molecular weight excluding hydrogens is 259 g/mol. The van der Waals surface area contributed by atoms with Crippen molar-refractivity contribution in [2.75, 3.05) is 0 Å². The van der Waals surface area contributed by atoms with Crippen LogP contribution >= 0.6 is 11.6 Å².